The third-order valence-corrected chi connectivity index (χ3v) is 3.02. The average molecular weight is 338 g/mol. The highest BCUT2D eigenvalue weighted by Crippen LogP contribution is 2.16. The molecule has 2 rings (SSSR count). The second-order valence-corrected chi connectivity index (χ2v) is 4.92. The van der Waals surface area contributed by atoms with Crippen LogP contribution in [0.3, 0.4) is 0 Å². The number of benzene rings is 1. The van der Waals surface area contributed by atoms with Crippen molar-refractivity contribution in [2.45, 2.75) is 13.8 Å². The van der Waals surface area contributed by atoms with Crippen molar-refractivity contribution < 1.29 is 9.59 Å². The highest BCUT2D eigenvalue weighted by Gasteiger charge is 2.07. The molecule has 0 saturated carbocycles. The lowest BCUT2D eigenvalue weighted by atomic mass is 10.2. The zero-order valence-electron chi connectivity index (χ0n) is 13.0. The van der Waals surface area contributed by atoms with E-state index in [-0.39, 0.29) is 37.3 Å². The first kappa shape index (κ1) is 18.7. The first-order chi connectivity index (χ1) is 10.5. The summed E-state index contributed by atoms with van der Waals surface area (Å²) in [4.78, 5) is 22.8. The van der Waals surface area contributed by atoms with Crippen LogP contribution in [-0.4, -0.2) is 34.7 Å². The van der Waals surface area contributed by atoms with Crippen LogP contribution >= 0.6 is 12.4 Å². The van der Waals surface area contributed by atoms with Gasteiger partial charge in [0, 0.05) is 11.4 Å². The van der Waals surface area contributed by atoms with Gasteiger partial charge in [-0.3, -0.25) is 9.59 Å². The summed E-state index contributed by atoms with van der Waals surface area (Å²) in [5.74, 6) is -0.682. The van der Waals surface area contributed by atoms with E-state index in [1.165, 1.54) is 0 Å². The Morgan fingerprint density at radius 3 is 2.57 bits per heavy atom. The Morgan fingerprint density at radius 2 is 1.96 bits per heavy atom. The number of halogens is 1. The summed E-state index contributed by atoms with van der Waals surface area (Å²) in [6.07, 6.45) is 0. The molecule has 2 aromatic rings. The van der Waals surface area contributed by atoms with Gasteiger partial charge in [-0.25, -0.2) is 4.68 Å². The van der Waals surface area contributed by atoms with Gasteiger partial charge >= 0.3 is 0 Å². The minimum atomic E-state index is -0.369. The zero-order chi connectivity index (χ0) is 16.1. The standard InChI is InChI=1S/C15H19N5O2.ClH/c1-10-6-11(2)20(19-10)13-5-3-4-12(7-13)18-15(22)9-17-14(21)8-16;/h3-7H,8-9,16H2,1-2H3,(H,17,21)(H,18,22);1H. The number of anilines is 1. The van der Waals surface area contributed by atoms with Crippen LogP contribution in [0.5, 0.6) is 0 Å². The maximum Gasteiger partial charge on any atom is 0.243 e. The summed E-state index contributed by atoms with van der Waals surface area (Å²) in [6, 6.07) is 9.32. The molecular weight excluding hydrogens is 318 g/mol. The zero-order valence-corrected chi connectivity index (χ0v) is 13.8. The van der Waals surface area contributed by atoms with Crippen molar-refractivity contribution in [2.24, 2.45) is 5.73 Å². The van der Waals surface area contributed by atoms with Gasteiger partial charge in [-0.05, 0) is 38.1 Å². The maximum atomic E-state index is 11.8. The molecule has 2 amide bonds. The molecule has 0 aliphatic rings. The summed E-state index contributed by atoms with van der Waals surface area (Å²) >= 11 is 0. The molecule has 124 valence electrons. The minimum absolute atomic E-state index is 0. The Bertz CT molecular complexity index is 699. The van der Waals surface area contributed by atoms with Gasteiger partial charge in [0.2, 0.25) is 11.8 Å². The smallest absolute Gasteiger partial charge is 0.243 e. The normalized spacial score (nSPS) is 9.87. The number of hydrogen-bond acceptors (Lipinski definition) is 4. The van der Waals surface area contributed by atoms with E-state index in [4.69, 9.17) is 5.73 Å². The molecule has 1 aromatic carbocycles. The molecule has 0 spiro atoms. The molecule has 0 bridgehead atoms. The lowest BCUT2D eigenvalue weighted by Gasteiger charge is -2.09. The molecule has 1 heterocycles. The number of aromatic nitrogens is 2. The SMILES string of the molecule is Cc1cc(C)n(-c2cccc(NC(=O)CNC(=O)CN)c2)n1.Cl. The van der Waals surface area contributed by atoms with Crippen LogP contribution in [0.25, 0.3) is 5.69 Å². The van der Waals surface area contributed by atoms with E-state index < -0.39 is 0 Å². The quantitative estimate of drug-likeness (QED) is 0.755. The van der Waals surface area contributed by atoms with Crippen LogP contribution in [0.4, 0.5) is 5.69 Å². The van der Waals surface area contributed by atoms with Crippen molar-refractivity contribution in [2.75, 3.05) is 18.4 Å². The van der Waals surface area contributed by atoms with Crippen molar-refractivity contribution in [3.05, 3.63) is 41.7 Å². The second-order valence-electron chi connectivity index (χ2n) is 4.92. The van der Waals surface area contributed by atoms with E-state index in [1.54, 1.807) is 10.7 Å². The van der Waals surface area contributed by atoms with Gasteiger partial charge in [0.1, 0.15) is 0 Å². The maximum absolute atomic E-state index is 11.8. The average Bonchev–Trinajstić information content (AvgIpc) is 2.83. The monoisotopic (exact) mass is 337 g/mol. The van der Waals surface area contributed by atoms with Gasteiger partial charge in [0.05, 0.1) is 24.5 Å². The highest BCUT2D eigenvalue weighted by molar-refractivity contribution is 5.94. The van der Waals surface area contributed by atoms with E-state index in [1.807, 2.05) is 38.1 Å². The third-order valence-electron chi connectivity index (χ3n) is 3.02. The number of aryl methyl sites for hydroxylation is 2. The summed E-state index contributed by atoms with van der Waals surface area (Å²) in [6.45, 7) is 3.64. The molecule has 0 aliphatic carbocycles. The predicted molar refractivity (Wildman–Crippen MR) is 91.0 cm³/mol. The first-order valence-electron chi connectivity index (χ1n) is 6.90. The van der Waals surface area contributed by atoms with Crippen LogP contribution in [0, 0.1) is 13.8 Å². The predicted octanol–water partition coefficient (Wildman–Crippen LogP) is 0.924. The van der Waals surface area contributed by atoms with Crippen LogP contribution in [-0.2, 0) is 9.59 Å². The lowest BCUT2D eigenvalue weighted by Crippen LogP contribution is -2.36. The van der Waals surface area contributed by atoms with Gasteiger partial charge in [-0.2, -0.15) is 5.10 Å². The molecule has 0 aliphatic heterocycles. The van der Waals surface area contributed by atoms with E-state index in [2.05, 4.69) is 15.7 Å². The van der Waals surface area contributed by atoms with E-state index in [0.717, 1.165) is 17.1 Å². The van der Waals surface area contributed by atoms with E-state index in [9.17, 15) is 9.59 Å². The first-order valence-corrected chi connectivity index (χ1v) is 6.90. The molecule has 0 atom stereocenters. The van der Waals surface area contributed by atoms with Gasteiger partial charge in [0.25, 0.3) is 0 Å². The molecule has 1 aromatic heterocycles. The van der Waals surface area contributed by atoms with E-state index in [0.29, 0.717) is 5.69 Å². The molecule has 7 nitrogen and oxygen atoms in total. The molecule has 23 heavy (non-hydrogen) atoms. The Hall–Kier alpha value is -2.38. The van der Waals surface area contributed by atoms with Gasteiger partial charge in [-0.15, -0.1) is 12.4 Å². The topological polar surface area (TPSA) is 102 Å². The van der Waals surface area contributed by atoms with Crippen molar-refractivity contribution >= 4 is 29.9 Å². The van der Waals surface area contributed by atoms with Crippen molar-refractivity contribution in [3.8, 4) is 5.69 Å². The molecule has 0 fully saturated rings. The van der Waals surface area contributed by atoms with Crippen molar-refractivity contribution in [1.82, 2.24) is 15.1 Å². The number of nitrogens with two attached hydrogens (primary N) is 1. The minimum Gasteiger partial charge on any atom is -0.346 e. The van der Waals surface area contributed by atoms with Crippen LogP contribution < -0.4 is 16.4 Å². The number of nitrogens with one attached hydrogen (secondary N) is 2. The number of carbonyl (C=O) groups excluding carboxylic acids is 2. The molecule has 0 unspecified atom stereocenters. The number of rotatable bonds is 5. The Morgan fingerprint density at radius 1 is 1.22 bits per heavy atom. The Balaban J connectivity index is 0.00000264. The lowest BCUT2D eigenvalue weighted by molar-refractivity contribution is -0.123. The molecule has 0 saturated heterocycles. The number of hydrogen-bond donors (Lipinski definition) is 3. The van der Waals surface area contributed by atoms with Crippen LogP contribution in [0.2, 0.25) is 0 Å². The van der Waals surface area contributed by atoms with Crippen LogP contribution in [0.15, 0.2) is 30.3 Å². The second kappa shape index (κ2) is 8.30. The summed E-state index contributed by atoms with van der Waals surface area (Å²) in [7, 11) is 0. The molecule has 4 N–H and O–H groups in total. The Kier molecular flexibility index (Phi) is 6.74. The molecule has 0 radical (unpaired) electrons. The summed E-state index contributed by atoms with van der Waals surface area (Å²) < 4.78 is 1.81. The molecular formula is C15H20ClN5O2. The molecule has 8 heteroatoms. The largest absolute Gasteiger partial charge is 0.346 e. The van der Waals surface area contributed by atoms with E-state index >= 15 is 0 Å². The summed E-state index contributed by atoms with van der Waals surface area (Å²) in [5, 5.41) is 9.54. The van der Waals surface area contributed by atoms with Crippen molar-refractivity contribution in [3.63, 3.8) is 0 Å². The van der Waals surface area contributed by atoms with Crippen LogP contribution in [0.1, 0.15) is 11.4 Å². The number of amides is 2. The highest BCUT2D eigenvalue weighted by atomic mass is 35.5. The number of carbonyl (C=O) groups is 2. The van der Waals surface area contributed by atoms with Crippen molar-refractivity contribution in [1.29, 1.82) is 0 Å². The third kappa shape index (κ3) is 5.08. The Labute approximate surface area is 140 Å². The fourth-order valence-corrected chi connectivity index (χ4v) is 2.06. The fraction of sp³-hybridized carbons (Fsp3) is 0.267. The fourth-order valence-electron chi connectivity index (χ4n) is 2.06. The van der Waals surface area contributed by atoms with Gasteiger partial charge in [-0.1, -0.05) is 6.07 Å². The van der Waals surface area contributed by atoms with Gasteiger partial charge < -0.3 is 16.4 Å². The number of nitrogens with zero attached hydrogens (tertiary/aromatic N) is 2. The summed E-state index contributed by atoms with van der Waals surface area (Å²) in [5.41, 5.74) is 8.59. The van der Waals surface area contributed by atoms with Gasteiger partial charge in [0.15, 0.2) is 0 Å².